The van der Waals surface area contributed by atoms with Crippen molar-refractivity contribution in [2.24, 2.45) is 0 Å². The molecule has 74 valence electrons. The van der Waals surface area contributed by atoms with E-state index in [2.05, 4.69) is 5.32 Å². The monoisotopic (exact) mass is 192 g/mol. The predicted molar refractivity (Wildman–Crippen MR) is 54.9 cm³/mol. The number of anilines is 2. The number of hydrogen-bond acceptors (Lipinski definition) is 3. The summed E-state index contributed by atoms with van der Waals surface area (Å²) in [5.74, 6) is 0.790. The molecule has 1 aliphatic heterocycles. The van der Waals surface area contributed by atoms with Gasteiger partial charge < -0.3 is 15.0 Å². The molecule has 1 amide bonds. The molecule has 0 spiro atoms. The van der Waals surface area contributed by atoms with Crippen molar-refractivity contribution in [2.45, 2.75) is 0 Å². The van der Waals surface area contributed by atoms with Gasteiger partial charge in [0.2, 0.25) is 5.91 Å². The standard InChI is InChI=1S/C10H12N2O2/c1-12-6-9(13)11-7-4-3-5-8(14-2)10(7)12/h3-5H,6H2,1-2H3,(H,11,13). The van der Waals surface area contributed by atoms with E-state index in [0.29, 0.717) is 6.54 Å². The fraction of sp³-hybridized carbons (Fsp3) is 0.300. The van der Waals surface area contributed by atoms with Crippen LogP contribution < -0.4 is 15.0 Å². The molecule has 1 N–H and O–H groups in total. The molecule has 1 aliphatic rings. The molecule has 0 saturated carbocycles. The zero-order valence-corrected chi connectivity index (χ0v) is 8.20. The Hall–Kier alpha value is -1.71. The quantitative estimate of drug-likeness (QED) is 0.724. The molecular weight excluding hydrogens is 180 g/mol. The highest BCUT2D eigenvalue weighted by atomic mass is 16.5. The van der Waals surface area contributed by atoms with E-state index in [-0.39, 0.29) is 5.91 Å². The maximum atomic E-state index is 11.2. The number of fused-ring (bicyclic) bond motifs is 1. The fourth-order valence-corrected chi connectivity index (χ4v) is 1.67. The van der Waals surface area contributed by atoms with Gasteiger partial charge in [0.15, 0.2) is 0 Å². The number of para-hydroxylation sites is 1. The van der Waals surface area contributed by atoms with Crippen molar-refractivity contribution in [3.05, 3.63) is 18.2 Å². The second kappa shape index (κ2) is 3.21. The van der Waals surface area contributed by atoms with E-state index in [0.717, 1.165) is 17.1 Å². The maximum absolute atomic E-state index is 11.2. The number of hydrogen-bond donors (Lipinski definition) is 1. The highest BCUT2D eigenvalue weighted by molar-refractivity contribution is 6.02. The fourth-order valence-electron chi connectivity index (χ4n) is 1.67. The molecule has 0 bridgehead atoms. The average Bonchev–Trinajstić information content (AvgIpc) is 2.16. The van der Waals surface area contributed by atoms with Gasteiger partial charge in [0, 0.05) is 7.05 Å². The Morgan fingerprint density at radius 2 is 2.29 bits per heavy atom. The second-order valence-corrected chi connectivity index (χ2v) is 3.26. The van der Waals surface area contributed by atoms with E-state index in [1.165, 1.54) is 0 Å². The molecule has 0 unspecified atom stereocenters. The Balaban J connectivity index is 2.52. The Morgan fingerprint density at radius 3 is 3.00 bits per heavy atom. The van der Waals surface area contributed by atoms with Gasteiger partial charge in [-0.05, 0) is 12.1 Å². The minimum Gasteiger partial charge on any atom is -0.495 e. The van der Waals surface area contributed by atoms with Crippen molar-refractivity contribution in [1.29, 1.82) is 0 Å². The van der Waals surface area contributed by atoms with Crippen molar-refractivity contribution in [3.8, 4) is 5.75 Å². The van der Waals surface area contributed by atoms with Crippen molar-refractivity contribution < 1.29 is 9.53 Å². The molecule has 0 aromatic heterocycles. The molecule has 14 heavy (non-hydrogen) atoms. The lowest BCUT2D eigenvalue weighted by Crippen LogP contribution is -2.35. The van der Waals surface area contributed by atoms with Gasteiger partial charge >= 0.3 is 0 Å². The van der Waals surface area contributed by atoms with Gasteiger partial charge in [-0.3, -0.25) is 4.79 Å². The van der Waals surface area contributed by atoms with Crippen molar-refractivity contribution in [1.82, 2.24) is 0 Å². The van der Waals surface area contributed by atoms with Crippen molar-refractivity contribution in [2.75, 3.05) is 30.9 Å². The van der Waals surface area contributed by atoms with Crippen LogP contribution in [0.4, 0.5) is 11.4 Å². The van der Waals surface area contributed by atoms with E-state index >= 15 is 0 Å². The number of carbonyl (C=O) groups is 1. The largest absolute Gasteiger partial charge is 0.495 e. The molecule has 4 heteroatoms. The van der Waals surface area contributed by atoms with Crippen LogP contribution in [0, 0.1) is 0 Å². The van der Waals surface area contributed by atoms with E-state index < -0.39 is 0 Å². The van der Waals surface area contributed by atoms with Crippen LogP contribution in [0.5, 0.6) is 5.75 Å². The summed E-state index contributed by atoms with van der Waals surface area (Å²) in [5.41, 5.74) is 1.75. The summed E-state index contributed by atoms with van der Waals surface area (Å²) < 4.78 is 5.23. The molecule has 0 aliphatic carbocycles. The summed E-state index contributed by atoms with van der Waals surface area (Å²) in [6.07, 6.45) is 0. The number of likely N-dealkylation sites (N-methyl/N-ethyl adjacent to an activating group) is 1. The number of amides is 1. The molecule has 0 fully saturated rings. The van der Waals surface area contributed by atoms with Gasteiger partial charge in [-0.25, -0.2) is 0 Å². The first-order valence-corrected chi connectivity index (χ1v) is 4.40. The van der Waals surface area contributed by atoms with Crippen LogP contribution in [0.15, 0.2) is 18.2 Å². The van der Waals surface area contributed by atoms with Gasteiger partial charge in [0.1, 0.15) is 11.4 Å². The third-order valence-corrected chi connectivity index (χ3v) is 2.26. The smallest absolute Gasteiger partial charge is 0.243 e. The van der Waals surface area contributed by atoms with Crippen LogP contribution in [0.2, 0.25) is 0 Å². The lowest BCUT2D eigenvalue weighted by Gasteiger charge is -2.28. The number of nitrogens with one attached hydrogen (secondary N) is 1. The number of benzene rings is 1. The minimum atomic E-state index is 0.00764. The second-order valence-electron chi connectivity index (χ2n) is 3.26. The zero-order valence-electron chi connectivity index (χ0n) is 8.20. The Kier molecular flexibility index (Phi) is 2.04. The molecular formula is C10H12N2O2. The van der Waals surface area contributed by atoms with Crippen LogP contribution in [0.3, 0.4) is 0 Å². The van der Waals surface area contributed by atoms with Gasteiger partial charge in [-0.2, -0.15) is 0 Å². The Labute approximate surface area is 82.5 Å². The van der Waals surface area contributed by atoms with E-state index in [4.69, 9.17) is 4.74 Å². The predicted octanol–water partition coefficient (Wildman–Crippen LogP) is 1.08. The van der Waals surface area contributed by atoms with Gasteiger partial charge in [0.05, 0.1) is 19.3 Å². The lowest BCUT2D eigenvalue weighted by atomic mass is 10.2. The molecule has 1 aromatic rings. The van der Waals surface area contributed by atoms with E-state index in [9.17, 15) is 4.79 Å². The molecule has 1 heterocycles. The SMILES string of the molecule is COc1cccc2c1N(C)CC(=O)N2. The highest BCUT2D eigenvalue weighted by Gasteiger charge is 2.21. The van der Waals surface area contributed by atoms with Crippen molar-refractivity contribution >= 4 is 17.3 Å². The third kappa shape index (κ3) is 1.28. The highest BCUT2D eigenvalue weighted by Crippen LogP contribution is 2.37. The number of rotatable bonds is 1. The topological polar surface area (TPSA) is 41.6 Å². The first kappa shape index (κ1) is 8.87. The van der Waals surface area contributed by atoms with Crippen molar-refractivity contribution in [3.63, 3.8) is 0 Å². The summed E-state index contributed by atoms with van der Waals surface area (Å²) in [6, 6.07) is 5.61. The third-order valence-electron chi connectivity index (χ3n) is 2.26. The summed E-state index contributed by atoms with van der Waals surface area (Å²) >= 11 is 0. The molecule has 0 radical (unpaired) electrons. The van der Waals surface area contributed by atoms with Gasteiger partial charge in [-0.1, -0.05) is 6.07 Å². The zero-order chi connectivity index (χ0) is 10.1. The summed E-state index contributed by atoms with van der Waals surface area (Å²) in [5, 5.41) is 2.80. The van der Waals surface area contributed by atoms with Gasteiger partial charge in [-0.15, -0.1) is 0 Å². The first-order chi connectivity index (χ1) is 6.72. The number of carbonyl (C=O) groups excluding carboxylic acids is 1. The van der Waals surface area contributed by atoms with Crippen LogP contribution >= 0.6 is 0 Å². The molecule has 1 aromatic carbocycles. The summed E-state index contributed by atoms with van der Waals surface area (Å²) in [7, 11) is 3.50. The molecule has 2 rings (SSSR count). The lowest BCUT2D eigenvalue weighted by molar-refractivity contribution is -0.115. The summed E-state index contributed by atoms with van der Waals surface area (Å²) in [6.45, 7) is 0.368. The van der Waals surface area contributed by atoms with Crippen LogP contribution in [0.25, 0.3) is 0 Å². The number of ether oxygens (including phenoxy) is 1. The van der Waals surface area contributed by atoms with Crippen LogP contribution in [0.1, 0.15) is 0 Å². The van der Waals surface area contributed by atoms with E-state index in [1.54, 1.807) is 7.11 Å². The first-order valence-electron chi connectivity index (χ1n) is 4.40. The average molecular weight is 192 g/mol. The van der Waals surface area contributed by atoms with Crippen LogP contribution in [-0.4, -0.2) is 26.6 Å². The van der Waals surface area contributed by atoms with Gasteiger partial charge in [0.25, 0.3) is 0 Å². The normalized spacial score (nSPS) is 14.7. The minimum absolute atomic E-state index is 0.00764. The van der Waals surface area contributed by atoms with Crippen LogP contribution in [-0.2, 0) is 4.79 Å². The molecule has 0 atom stereocenters. The Bertz CT molecular complexity index is 376. The number of methoxy groups -OCH3 is 1. The Morgan fingerprint density at radius 1 is 1.50 bits per heavy atom. The van der Waals surface area contributed by atoms with E-state index in [1.807, 2.05) is 30.1 Å². The molecule has 0 saturated heterocycles. The number of nitrogens with zero attached hydrogens (tertiary/aromatic N) is 1. The summed E-state index contributed by atoms with van der Waals surface area (Å²) in [4.78, 5) is 13.1. The maximum Gasteiger partial charge on any atom is 0.243 e. The molecule has 4 nitrogen and oxygen atoms in total.